The van der Waals surface area contributed by atoms with E-state index in [-0.39, 0.29) is 18.4 Å². The number of hydrogen-bond acceptors (Lipinski definition) is 3. The molecule has 2 rings (SSSR count). The minimum absolute atomic E-state index is 0.0423. The van der Waals surface area contributed by atoms with Crippen LogP contribution in [0, 0.1) is 0 Å². The molecule has 5 heteroatoms. The van der Waals surface area contributed by atoms with Gasteiger partial charge in [0, 0.05) is 36.4 Å². The molecule has 1 atom stereocenters. The van der Waals surface area contributed by atoms with Gasteiger partial charge in [0.05, 0.1) is 0 Å². The molecule has 1 saturated heterocycles. The lowest BCUT2D eigenvalue weighted by Crippen LogP contribution is -2.46. The van der Waals surface area contributed by atoms with E-state index in [1.807, 2.05) is 26.0 Å². The molecule has 0 spiro atoms. The first-order chi connectivity index (χ1) is 10.5. The maximum absolute atomic E-state index is 12.3. The van der Waals surface area contributed by atoms with E-state index in [0.717, 1.165) is 25.1 Å². The predicted molar refractivity (Wildman–Crippen MR) is 85.9 cm³/mol. The number of carbonyl (C=O) groups excluding carboxylic acids is 2. The van der Waals surface area contributed by atoms with Crippen LogP contribution in [0.25, 0.3) is 0 Å². The number of rotatable bonds is 6. The van der Waals surface area contributed by atoms with Crippen molar-refractivity contribution >= 4 is 17.5 Å². The average molecular weight is 304 g/mol. The minimum atomic E-state index is -0.407. The maximum atomic E-state index is 12.3. The summed E-state index contributed by atoms with van der Waals surface area (Å²) >= 11 is 0. The highest BCUT2D eigenvalue weighted by Crippen LogP contribution is 2.22. The number of carbonyl (C=O) groups is 2. The van der Waals surface area contributed by atoms with Gasteiger partial charge in [-0.1, -0.05) is 6.92 Å². The lowest BCUT2D eigenvalue weighted by atomic mass is 9.94. The van der Waals surface area contributed by atoms with Gasteiger partial charge in [0.25, 0.3) is 5.91 Å². The van der Waals surface area contributed by atoms with Crippen molar-refractivity contribution in [1.82, 2.24) is 5.32 Å². The van der Waals surface area contributed by atoms with Crippen LogP contribution in [-0.2, 0) is 4.79 Å². The molecule has 1 aromatic carbocycles. The highest BCUT2D eigenvalue weighted by atomic mass is 16.3. The topological polar surface area (TPSA) is 69.6 Å². The monoisotopic (exact) mass is 304 g/mol. The fraction of sp³-hybridized carbons (Fsp3) is 0.529. The standard InChI is InChI=1S/C17H24N2O3/c1-3-17(2,10-12-20)18-16(22)13-6-8-14(9-7-13)19-11-4-5-15(19)21/h6-9,20H,3-5,10-12H2,1-2H3,(H,18,22). The van der Waals surface area contributed by atoms with E-state index < -0.39 is 5.54 Å². The second-order valence-corrected chi connectivity index (χ2v) is 6.04. The zero-order valence-electron chi connectivity index (χ0n) is 13.3. The van der Waals surface area contributed by atoms with Crippen LogP contribution in [-0.4, -0.2) is 35.6 Å². The Morgan fingerprint density at radius 1 is 1.36 bits per heavy atom. The number of nitrogens with one attached hydrogen (secondary N) is 1. The van der Waals surface area contributed by atoms with Crippen molar-refractivity contribution in [2.75, 3.05) is 18.1 Å². The Morgan fingerprint density at radius 2 is 2.05 bits per heavy atom. The third-order valence-corrected chi connectivity index (χ3v) is 4.37. The first kappa shape index (κ1) is 16.5. The van der Waals surface area contributed by atoms with E-state index in [1.54, 1.807) is 17.0 Å². The second-order valence-electron chi connectivity index (χ2n) is 6.04. The summed E-state index contributed by atoms with van der Waals surface area (Å²) in [6.07, 6.45) is 2.75. The van der Waals surface area contributed by atoms with Gasteiger partial charge in [-0.2, -0.15) is 0 Å². The Kier molecular flexibility index (Phi) is 5.19. The van der Waals surface area contributed by atoms with Crippen molar-refractivity contribution in [1.29, 1.82) is 0 Å². The van der Waals surface area contributed by atoms with E-state index in [4.69, 9.17) is 5.11 Å². The molecule has 120 valence electrons. The SMILES string of the molecule is CCC(C)(CCO)NC(=O)c1ccc(N2CCCC2=O)cc1. The minimum Gasteiger partial charge on any atom is -0.396 e. The zero-order valence-corrected chi connectivity index (χ0v) is 13.3. The predicted octanol–water partition coefficient (Wildman–Crippen LogP) is 2.09. The lowest BCUT2D eigenvalue weighted by molar-refractivity contribution is -0.117. The van der Waals surface area contributed by atoms with E-state index in [9.17, 15) is 9.59 Å². The summed E-state index contributed by atoms with van der Waals surface area (Å²) in [6.45, 7) is 4.70. The molecule has 2 N–H and O–H groups in total. The lowest BCUT2D eigenvalue weighted by Gasteiger charge is -2.29. The van der Waals surface area contributed by atoms with Gasteiger partial charge < -0.3 is 15.3 Å². The summed E-state index contributed by atoms with van der Waals surface area (Å²) in [5.41, 5.74) is 0.996. The van der Waals surface area contributed by atoms with Gasteiger partial charge >= 0.3 is 0 Å². The van der Waals surface area contributed by atoms with Crippen molar-refractivity contribution in [2.24, 2.45) is 0 Å². The summed E-state index contributed by atoms with van der Waals surface area (Å²) in [6, 6.07) is 7.11. The highest BCUT2D eigenvalue weighted by Gasteiger charge is 2.25. The largest absolute Gasteiger partial charge is 0.396 e. The van der Waals surface area contributed by atoms with E-state index >= 15 is 0 Å². The van der Waals surface area contributed by atoms with Crippen LogP contribution >= 0.6 is 0 Å². The fourth-order valence-electron chi connectivity index (χ4n) is 2.63. The molecule has 0 bridgehead atoms. The van der Waals surface area contributed by atoms with Gasteiger partial charge in [0.1, 0.15) is 0 Å². The van der Waals surface area contributed by atoms with Crippen LogP contribution in [0.2, 0.25) is 0 Å². The Hall–Kier alpha value is -1.88. The van der Waals surface area contributed by atoms with E-state index in [2.05, 4.69) is 5.32 Å². The summed E-state index contributed by atoms with van der Waals surface area (Å²) < 4.78 is 0. The molecule has 0 radical (unpaired) electrons. The van der Waals surface area contributed by atoms with Gasteiger partial charge in [-0.15, -0.1) is 0 Å². The Bertz CT molecular complexity index is 541. The second kappa shape index (κ2) is 6.92. The molecule has 2 amide bonds. The Balaban J connectivity index is 2.06. The smallest absolute Gasteiger partial charge is 0.251 e. The quantitative estimate of drug-likeness (QED) is 0.845. The number of nitrogens with zero attached hydrogens (tertiary/aromatic N) is 1. The number of amides is 2. The molecule has 1 unspecified atom stereocenters. The fourth-order valence-corrected chi connectivity index (χ4v) is 2.63. The molecule has 1 aliphatic rings. The zero-order chi connectivity index (χ0) is 16.2. The van der Waals surface area contributed by atoms with Gasteiger partial charge in [-0.3, -0.25) is 9.59 Å². The van der Waals surface area contributed by atoms with Crippen LogP contribution < -0.4 is 10.2 Å². The first-order valence-corrected chi connectivity index (χ1v) is 7.83. The maximum Gasteiger partial charge on any atom is 0.251 e. The molecule has 1 aromatic rings. The molecular weight excluding hydrogens is 280 g/mol. The summed E-state index contributed by atoms with van der Waals surface area (Å²) in [5, 5.41) is 12.1. The van der Waals surface area contributed by atoms with Crippen molar-refractivity contribution in [3.05, 3.63) is 29.8 Å². The van der Waals surface area contributed by atoms with Gasteiger partial charge in [0.15, 0.2) is 0 Å². The molecule has 22 heavy (non-hydrogen) atoms. The van der Waals surface area contributed by atoms with Gasteiger partial charge in [-0.25, -0.2) is 0 Å². The molecule has 1 heterocycles. The van der Waals surface area contributed by atoms with E-state index in [0.29, 0.717) is 18.4 Å². The molecular formula is C17H24N2O3. The van der Waals surface area contributed by atoms with Gasteiger partial charge in [0.2, 0.25) is 5.91 Å². The van der Waals surface area contributed by atoms with E-state index in [1.165, 1.54) is 0 Å². The molecule has 1 fully saturated rings. The van der Waals surface area contributed by atoms with Crippen molar-refractivity contribution in [3.8, 4) is 0 Å². The van der Waals surface area contributed by atoms with Gasteiger partial charge in [-0.05, 0) is 50.5 Å². The van der Waals surface area contributed by atoms with Crippen LogP contribution in [0.15, 0.2) is 24.3 Å². The number of hydrogen-bond donors (Lipinski definition) is 2. The Morgan fingerprint density at radius 3 is 2.55 bits per heavy atom. The third-order valence-electron chi connectivity index (χ3n) is 4.37. The molecule has 0 saturated carbocycles. The molecule has 0 aromatic heterocycles. The number of benzene rings is 1. The van der Waals surface area contributed by atoms with Crippen LogP contribution in [0.4, 0.5) is 5.69 Å². The average Bonchev–Trinajstić information content (AvgIpc) is 2.93. The van der Waals surface area contributed by atoms with Crippen LogP contribution in [0.3, 0.4) is 0 Å². The normalized spacial score (nSPS) is 17.4. The van der Waals surface area contributed by atoms with Crippen molar-refractivity contribution < 1.29 is 14.7 Å². The summed E-state index contributed by atoms with van der Waals surface area (Å²) in [4.78, 5) is 25.8. The molecule has 5 nitrogen and oxygen atoms in total. The third kappa shape index (κ3) is 3.65. The molecule has 1 aliphatic heterocycles. The Labute approximate surface area is 131 Å². The van der Waals surface area contributed by atoms with Crippen LogP contribution in [0.1, 0.15) is 49.9 Å². The first-order valence-electron chi connectivity index (χ1n) is 7.83. The van der Waals surface area contributed by atoms with Crippen molar-refractivity contribution in [3.63, 3.8) is 0 Å². The highest BCUT2D eigenvalue weighted by molar-refractivity contribution is 5.97. The van der Waals surface area contributed by atoms with Crippen molar-refractivity contribution in [2.45, 2.75) is 45.1 Å². The summed E-state index contributed by atoms with van der Waals surface area (Å²) in [7, 11) is 0. The number of aliphatic hydroxyl groups is 1. The summed E-state index contributed by atoms with van der Waals surface area (Å²) in [5.74, 6) is -0.0178. The number of anilines is 1. The number of aliphatic hydroxyl groups excluding tert-OH is 1. The van der Waals surface area contributed by atoms with Crippen LogP contribution in [0.5, 0.6) is 0 Å². The molecule has 0 aliphatic carbocycles.